The monoisotopic (exact) mass is 550 g/mol. The molecule has 0 aliphatic heterocycles. The fourth-order valence-electron chi connectivity index (χ4n) is 9.02. The maximum Gasteiger partial charge on any atom is 0.209 e. The Bertz CT molecular complexity index is 1380. The number of ketones is 3. The lowest BCUT2D eigenvalue weighted by Gasteiger charge is -2.59. The van der Waals surface area contributed by atoms with Gasteiger partial charge in [0.05, 0.1) is 5.56 Å². The van der Waals surface area contributed by atoms with E-state index in [2.05, 4.69) is 6.92 Å². The number of aromatic hydroxyl groups is 1. The minimum Gasteiger partial charge on any atom is -0.511 e. The zero-order valence-corrected chi connectivity index (χ0v) is 24.4. The molecule has 4 N–H and O–H groups in total. The summed E-state index contributed by atoms with van der Waals surface area (Å²) in [5.41, 5.74) is -3.77. The fourth-order valence-corrected chi connectivity index (χ4v) is 9.02. The zero-order chi connectivity index (χ0) is 29.5. The van der Waals surface area contributed by atoms with Crippen LogP contribution in [0.3, 0.4) is 0 Å². The predicted octanol–water partition coefficient (Wildman–Crippen LogP) is 5.72. The van der Waals surface area contributed by atoms with Crippen molar-refractivity contribution in [2.45, 2.75) is 92.1 Å². The van der Waals surface area contributed by atoms with Gasteiger partial charge in [0, 0.05) is 22.3 Å². The lowest BCUT2D eigenvalue weighted by molar-refractivity contribution is -0.171. The Morgan fingerprint density at radius 2 is 1.68 bits per heavy atom. The molecule has 0 bridgehead atoms. The van der Waals surface area contributed by atoms with Crippen LogP contribution in [0.15, 0.2) is 34.8 Å². The van der Waals surface area contributed by atoms with Gasteiger partial charge in [0.15, 0.2) is 17.2 Å². The van der Waals surface area contributed by atoms with Crippen molar-refractivity contribution in [1.29, 1.82) is 0 Å². The van der Waals surface area contributed by atoms with Crippen LogP contribution in [0.1, 0.15) is 95.1 Å². The Morgan fingerprint density at radius 3 is 2.25 bits per heavy atom. The summed E-state index contributed by atoms with van der Waals surface area (Å²) in [6.07, 6.45) is 6.05. The minimum absolute atomic E-state index is 0.101. The summed E-state index contributed by atoms with van der Waals surface area (Å²) in [6.45, 7) is 10.6. The van der Waals surface area contributed by atoms with E-state index in [-0.39, 0.29) is 35.0 Å². The Hall–Kier alpha value is -2.93. The molecule has 216 valence electrons. The summed E-state index contributed by atoms with van der Waals surface area (Å²) in [4.78, 5) is 40.5. The molecule has 0 radical (unpaired) electrons. The standard InChI is InChI=1S/C33H42O7/c1-16(2)25-27(36)23(18(4)34)29(38)33(40)30(39)26-28(37)24-21(14-31(26,5)15-32(25,33)6)20(11-12-22(24)35)13-17(3)19-9-7-8-10-19/h11-12,16-17,19,25,35-36,39-40H,7-10,13-15H2,1-6H3/t17?,25?,31-,32-,33+/m1/s1. The molecule has 0 aromatic heterocycles. The van der Waals surface area contributed by atoms with E-state index in [0.717, 1.165) is 24.5 Å². The van der Waals surface area contributed by atoms with Crippen LogP contribution in [0.5, 0.6) is 5.75 Å². The van der Waals surface area contributed by atoms with Gasteiger partial charge in [-0.25, -0.2) is 0 Å². The molecule has 1 aromatic rings. The van der Waals surface area contributed by atoms with Crippen molar-refractivity contribution in [3.05, 3.63) is 51.5 Å². The maximum absolute atomic E-state index is 14.2. The first-order valence-electron chi connectivity index (χ1n) is 14.6. The number of carbonyl (C=O) groups is 3. The van der Waals surface area contributed by atoms with Crippen molar-refractivity contribution in [3.63, 3.8) is 0 Å². The number of fused-ring (bicyclic) bond motifs is 3. The van der Waals surface area contributed by atoms with Crippen molar-refractivity contribution < 1.29 is 34.8 Å². The molecule has 5 rings (SSSR count). The number of hydrogen-bond donors (Lipinski definition) is 4. The molecule has 1 saturated carbocycles. The second-order valence-electron chi connectivity index (χ2n) is 13.8. The first-order valence-corrected chi connectivity index (χ1v) is 14.6. The molecule has 1 aromatic carbocycles. The van der Waals surface area contributed by atoms with Gasteiger partial charge in [-0.2, -0.15) is 0 Å². The van der Waals surface area contributed by atoms with Crippen LogP contribution in [0.25, 0.3) is 0 Å². The van der Waals surface area contributed by atoms with Crippen LogP contribution in [0, 0.1) is 34.5 Å². The van der Waals surface area contributed by atoms with Gasteiger partial charge in [0.2, 0.25) is 5.78 Å². The van der Waals surface area contributed by atoms with Crippen molar-refractivity contribution in [2.75, 3.05) is 0 Å². The van der Waals surface area contributed by atoms with Gasteiger partial charge < -0.3 is 20.4 Å². The first-order chi connectivity index (χ1) is 18.6. The molecule has 7 nitrogen and oxygen atoms in total. The van der Waals surface area contributed by atoms with E-state index < -0.39 is 51.0 Å². The zero-order valence-electron chi connectivity index (χ0n) is 24.4. The number of hydrogen-bond acceptors (Lipinski definition) is 7. The van der Waals surface area contributed by atoms with Crippen LogP contribution in [-0.2, 0) is 22.4 Å². The molecule has 1 fully saturated rings. The quantitative estimate of drug-likeness (QED) is 0.345. The lowest BCUT2D eigenvalue weighted by atomic mass is 9.44. The van der Waals surface area contributed by atoms with Crippen LogP contribution in [0.4, 0.5) is 0 Å². The van der Waals surface area contributed by atoms with Gasteiger partial charge in [0.1, 0.15) is 22.8 Å². The number of aliphatic hydroxyl groups is 3. The highest BCUT2D eigenvalue weighted by molar-refractivity contribution is 6.25. The largest absolute Gasteiger partial charge is 0.511 e. The van der Waals surface area contributed by atoms with E-state index in [4.69, 9.17) is 0 Å². The fraction of sp³-hybridized carbons (Fsp3) is 0.606. The second-order valence-corrected chi connectivity index (χ2v) is 13.8. The number of phenols is 1. The van der Waals surface area contributed by atoms with Gasteiger partial charge >= 0.3 is 0 Å². The van der Waals surface area contributed by atoms with Gasteiger partial charge in [-0.3, -0.25) is 14.4 Å². The number of benzene rings is 1. The lowest BCUT2D eigenvalue weighted by Crippen LogP contribution is -2.67. The molecular weight excluding hydrogens is 508 g/mol. The number of allylic oxidation sites excluding steroid dienone is 2. The van der Waals surface area contributed by atoms with E-state index >= 15 is 0 Å². The van der Waals surface area contributed by atoms with E-state index in [9.17, 15) is 34.8 Å². The third kappa shape index (κ3) is 3.69. The normalized spacial score (nSPS) is 33.2. The summed E-state index contributed by atoms with van der Waals surface area (Å²) in [7, 11) is 0. The van der Waals surface area contributed by atoms with Crippen LogP contribution < -0.4 is 0 Å². The molecule has 40 heavy (non-hydrogen) atoms. The van der Waals surface area contributed by atoms with Crippen molar-refractivity contribution in [1.82, 2.24) is 0 Å². The average Bonchev–Trinajstić information content (AvgIpc) is 3.38. The van der Waals surface area contributed by atoms with Gasteiger partial charge in [-0.15, -0.1) is 0 Å². The molecular formula is C33H42O7. The number of rotatable bonds is 5. The highest BCUT2D eigenvalue weighted by Gasteiger charge is 2.71. The number of aliphatic hydroxyl groups excluding tert-OH is 2. The minimum atomic E-state index is -2.58. The van der Waals surface area contributed by atoms with Gasteiger partial charge in [-0.1, -0.05) is 66.4 Å². The molecule has 0 spiro atoms. The van der Waals surface area contributed by atoms with Crippen molar-refractivity contribution in [2.24, 2.45) is 34.5 Å². The molecule has 0 heterocycles. The predicted molar refractivity (Wildman–Crippen MR) is 150 cm³/mol. The molecule has 4 aliphatic carbocycles. The van der Waals surface area contributed by atoms with Crippen molar-refractivity contribution >= 4 is 17.3 Å². The summed E-state index contributed by atoms with van der Waals surface area (Å²) in [5.74, 6) is -3.85. The summed E-state index contributed by atoms with van der Waals surface area (Å²) >= 11 is 0. The van der Waals surface area contributed by atoms with Crippen LogP contribution >= 0.6 is 0 Å². The number of carbonyl (C=O) groups excluding carboxylic acids is 3. The highest BCUT2D eigenvalue weighted by Crippen LogP contribution is 2.65. The Labute approximate surface area is 236 Å². The summed E-state index contributed by atoms with van der Waals surface area (Å²) < 4.78 is 0. The first kappa shape index (κ1) is 28.6. The molecule has 5 atom stereocenters. The highest BCUT2D eigenvalue weighted by atomic mass is 16.3. The maximum atomic E-state index is 14.2. The van der Waals surface area contributed by atoms with Gasteiger partial charge in [-0.05, 0) is 61.1 Å². The molecule has 0 amide bonds. The van der Waals surface area contributed by atoms with E-state index in [1.165, 1.54) is 31.7 Å². The summed E-state index contributed by atoms with van der Waals surface area (Å²) in [5, 5.41) is 46.1. The topological polar surface area (TPSA) is 132 Å². The van der Waals surface area contributed by atoms with Crippen molar-refractivity contribution in [3.8, 4) is 5.75 Å². The third-order valence-corrected chi connectivity index (χ3v) is 10.7. The van der Waals surface area contributed by atoms with E-state index in [1.807, 2.05) is 26.8 Å². The van der Waals surface area contributed by atoms with Crippen LogP contribution in [-0.4, -0.2) is 43.4 Å². The smallest absolute Gasteiger partial charge is 0.209 e. The molecule has 2 unspecified atom stereocenters. The molecule has 4 aliphatic rings. The molecule has 7 heteroatoms. The molecule has 0 saturated heterocycles. The third-order valence-electron chi connectivity index (χ3n) is 10.7. The van der Waals surface area contributed by atoms with Gasteiger partial charge in [0.25, 0.3) is 0 Å². The van der Waals surface area contributed by atoms with E-state index in [0.29, 0.717) is 18.3 Å². The van der Waals surface area contributed by atoms with Crippen LogP contribution in [0.2, 0.25) is 0 Å². The summed E-state index contributed by atoms with van der Waals surface area (Å²) in [6, 6.07) is 3.41. The second kappa shape index (κ2) is 9.30. The Balaban J connectivity index is 1.71. The van der Waals surface area contributed by atoms with E-state index in [1.54, 1.807) is 6.92 Å². The average molecular weight is 551 g/mol. The Morgan fingerprint density at radius 1 is 1.05 bits per heavy atom. The Kier molecular flexibility index (Phi) is 6.65. The SMILES string of the molecule is CC(=O)C1=C(O)C(C(C)C)[C@@]2(C)C[C@@]3(C)Cc4c(CC(C)C5CCCC5)ccc(O)c4C(=O)C3=C(O)[C@@]2(O)C1=O. The number of Topliss-reactive ketones (excluding diaryl/α,β-unsaturated/α-hetero) is 3. The number of phenolic OH excluding ortho intramolecular Hbond substituents is 1.